The Kier molecular flexibility index (Phi) is 5.31. The van der Waals surface area contributed by atoms with Gasteiger partial charge in [0, 0.05) is 39.0 Å². The number of hydrogen-bond donors (Lipinski definition) is 1. The Labute approximate surface area is 137 Å². The van der Waals surface area contributed by atoms with Crippen LogP contribution in [0.2, 0.25) is 0 Å². The van der Waals surface area contributed by atoms with Crippen molar-refractivity contribution < 1.29 is 9.47 Å². The molecule has 3 rings (SSSR count). The summed E-state index contributed by atoms with van der Waals surface area (Å²) in [6.07, 6.45) is 5.94. The van der Waals surface area contributed by atoms with Gasteiger partial charge in [-0.3, -0.25) is 0 Å². The highest BCUT2D eigenvalue weighted by molar-refractivity contribution is 5.29. The number of aromatic nitrogens is 2. The molecule has 5 nitrogen and oxygen atoms in total. The van der Waals surface area contributed by atoms with E-state index in [1.165, 1.54) is 11.3 Å². The van der Waals surface area contributed by atoms with E-state index in [4.69, 9.17) is 9.47 Å². The van der Waals surface area contributed by atoms with E-state index in [2.05, 4.69) is 27.0 Å². The van der Waals surface area contributed by atoms with Gasteiger partial charge in [0.05, 0.1) is 19.1 Å². The average Bonchev–Trinajstić information content (AvgIpc) is 3.02. The third-order valence-electron chi connectivity index (χ3n) is 4.63. The molecule has 1 unspecified atom stereocenters. The molecule has 0 radical (unpaired) electrons. The molecule has 124 valence electrons. The summed E-state index contributed by atoms with van der Waals surface area (Å²) < 4.78 is 12.9. The highest BCUT2D eigenvalue weighted by atomic mass is 16.5. The number of rotatable bonds is 6. The minimum atomic E-state index is 0.319. The summed E-state index contributed by atoms with van der Waals surface area (Å²) in [6.45, 7) is 2.51. The number of nitrogens with one attached hydrogen (secondary N) is 1. The van der Waals surface area contributed by atoms with Crippen molar-refractivity contribution in [1.82, 2.24) is 14.9 Å². The average molecular weight is 315 g/mol. The number of benzene rings is 1. The van der Waals surface area contributed by atoms with Gasteiger partial charge in [0.25, 0.3) is 0 Å². The van der Waals surface area contributed by atoms with Crippen LogP contribution in [0, 0.1) is 5.92 Å². The molecular formula is C18H25N3O2. The van der Waals surface area contributed by atoms with E-state index in [9.17, 15) is 0 Å². The van der Waals surface area contributed by atoms with Crippen LogP contribution in [0.1, 0.15) is 30.1 Å². The normalized spacial score (nSPS) is 17.1. The van der Waals surface area contributed by atoms with Crippen molar-refractivity contribution in [2.24, 2.45) is 13.0 Å². The summed E-state index contributed by atoms with van der Waals surface area (Å²) in [5.74, 6) is 1.48. The zero-order valence-electron chi connectivity index (χ0n) is 13.9. The van der Waals surface area contributed by atoms with E-state index in [0.29, 0.717) is 12.0 Å². The van der Waals surface area contributed by atoms with Gasteiger partial charge in [-0.1, -0.05) is 12.1 Å². The molecule has 0 aliphatic carbocycles. The van der Waals surface area contributed by atoms with Crippen LogP contribution in [-0.2, 0) is 18.3 Å². The number of hydrogen-bond acceptors (Lipinski definition) is 4. The number of aryl methyl sites for hydroxylation is 1. The molecule has 0 saturated carbocycles. The predicted molar refractivity (Wildman–Crippen MR) is 89.3 cm³/mol. The summed E-state index contributed by atoms with van der Waals surface area (Å²) in [5.41, 5.74) is 2.50. The molecule has 1 aliphatic heterocycles. The van der Waals surface area contributed by atoms with Crippen molar-refractivity contribution in [2.75, 3.05) is 20.3 Å². The Bertz CT molecular complexity index is 603. The SMILES string of the molecule is COc1ccc(C(NCc2cncn2C)C2CCOCC2)cc1. The van der Waals surface area contributed by atoms with Crippen molar-refractivity contribution in [1.29, 1.82) is 0 Å². The first kappa shape index (κ1) is 16.0. The van der Waals surface area contributed by atoms with E-state index in [-0.39, 0.29) is 0 Å². The molecular weight excluding hydrogens is 290 g/mol. The standard InChI is InChI=1S/C18H25N3O2/c1-21-13-19-11-16(21)12-20-18(15-7-9-23-10-8-15)14-3-5-17(22-2)6-4-14/h3-6,11,13,15,18,20H,7-10,12H2,1-2H3. The van der Waals surface area contributed by atoms with Crippen molar-refractivity contribution in [3.8, 4) is 5.75 Å². The number of methoxy groups -OCH3 is 1. The zero-order valence-corrected chi connectivity index (χ0v) is 13.9. The molecule has 0 amide bonds. The molecule has 0 bridgehead atoms. The molecule has 1 fully saturated rings. The van der Waals surface area contributed by atoms with E-state index >= 15 is 0 Å². The highest BCUT2D eigenvalue weighted by Gasteiger charge is 2.25. The van der Waals surface area contributed by atoms with E-state index < -0.39 is 0 Å². The minimum Gasteiger partial charge on any atom is -0.497 e. The number of nitrogens with zero attached hydrogens (tertiary/aromatic N) is 2. The second-order valence-electron chi connectivity index (χ2n) is 6.08. The van der Waals surface area contributed by atoms with E-state index in [1.807, 2.05) is 31.7 Å². The van der Waals surface area contributed by atoms with Crippen molar-refractivity contribution in [2.45, 2.75) is 25.4 Å². The summed E-state index contributed by atoms with van der Waals surface area (Å²) in [4.78, 5) is 4.19. The van der Waals surface area contributed by atoms with Crippen LogP contribution in [0.4, 0.5) is 0 Å². The number of ether oxygens (including phenoxy) is 2. The van der Waals surface area contributed by atoms with Gasteiger partial charge in [-0.05, 0) is 36.5 Å². The lowest BCUT2D eigenvalue weighted by molar-refractivity contribution is 0.0532. The summed E-state index contributed by atoms with van der Waals surface area (Å²) in [5, 5.41) is 3.73. The lowest BCUT2D eigenvalue weighted by atomic mass is 9.87. The highest BCUT2D eigenvalue weighted by Crippen LogP contribution is 2.31. The van der Waals surface area contributed by atoms with Gasteiger partial charge in [-0.15, -0.1) is 0 Å². The van der Waals surface area contributed by atoms with Gasteiger partial charge in [0.2, 0.25) is 0 Å². The van der Waals surface area contributed by atoms with Gasteiger partial charge >= 0.3 is 0 Å². The molecule has 1 aromatic heterocycles. The monoisotopic (exact) mass is 315 g/mol. The quantitative estimate of drug-likeness (QED) is 0.890. The van der Waals surface area contributed by atoms with Crippen LogP contribution < -0.4 is 10.1 Å². The smallest absolute Gasteiger partial charge is 0.118 e. The lowest BCUT2D eigenvalue weighted by Crippen LogP contribution is -2.32. The third kappa shape index (κ3) is 3.92. The predicted octanol–water partition coefficient (Wildman–Crippen LogP) is 2.69. The molecule has 2 heterocycles. The fourth-order valence-electron chi connectivity index (χ4n) is 3.19. The van der Waals surface area contributed by atoms with E-state index in [1.54, 1.807) is 7.11 Å². The minimum absolute atomic E-state index is 0.319. The third-order valence-corrected chi connectivity index (χ3v) is 4.63. The van der Waals surface area contributed by atoms with Crippen molar-refractivity contribution in [3.05, 3.63) is 48.0 Å². The first-order chi connectivity index (χ1) is 11.3. The van der Waals surface area contributed by atoms with Crippen LogP contribution in [0.15, 0.2) is 36.8 Å². The summed E-state index contributed by atoms with van der Waals surface area (Å²) in [6, 6.07) is 8.71. The molecule has 1 saturated heterocycles. The Morgan fingerprint density at radius 1 is 1.30 bits per heavy atom. The Balaban J connectivity index is 1.76. The largest absolute Gasteiger partial charge is 0.497 e. The van der Waals surface area contributed by atoms with Crippen molar-refractivity contribution in [3.63, 3.8) is 0 Å². The fourth-order valence-corrected chi connectivity index (χ4v) is 3.19. The zero-order chi connectivity index (χ0) is 16.1. The van der Waals surface area contributed by atoms with Crippen molar-refractivity contribution >= 4 is 0 Å². The van der Waals surface area contributed by atoms with E-state index in [0.717, 1.165) is 38.3 Å². The van der Waals surface area contributed by atoms with Gasteiger partial charge in [0.15, 0.2) is 0 Å². The van der Waals surface area contributed by atoms with Crippen LogP contribution in [0.3, 0.4) is 0 Å². The van der Waals surface area contributed by atoms with Gasteiger partial charge in [-0.2, -0.15) is 0 Å². The van der Waals surface area contributed by atoms with Crippen LogP contribution in [0.5, 0.6) is 5.75 Å². The maximum atomic E-state index is 5.53. The fraction of sp³-hybridized carbons (Fsp3) is 0.500. The maximum Gasteiger partial charge on any atom is 0.118 e. The molecule has 1 aliphatic rings. The second-order valence-corrected chi connectivity index (χ2v) is 6.08. The lowest BCUT2D eigenvalue weighted by Gasteiger charge is -2.31. The Morgan fingerprint density at radius 3 is 2.65 bits per heavy atom. The van der Waals surface area contributed by atoms with Gasteiger partial charge in [0.1, 0.15) is 5.75 Å². The molecule has 5 heteroatoms. The number of imidazole rings is 1. The van der Waals surface area contributed by atoms with Gasteiger partial charge < -0.3 is 19.4 Å². The Morgan fingerprint density at radius 2 is 2.04 bits per heavy atom. The van der Waals surface area contributed by atoms with Gasteiger partial charge in [-0.25, -0.2) is 4.98 Å². The molecule has 1 atom stereocenters. The maximum absolute atomic E-state index is 5.53. The molecule has 1 aromatic carbocycles. The van der Waals surface area contributed by atoms with Crippen LogP contribution in [-0.4, -0.2) is 29.9 Å². The second kappa shape index (κ2) is 7.62. The first-order valence-corrected chi connectivity index (χ1v) is 8.18. The molecule has 23 heavy (non-hydrogen) atoms. The topological polar surface area (TPSA) is 48.3 Å². The first-order valence-electron chi connectivity index (χ1n) is 8.18. The van der Waals surface area contributed by atoms with Crippen LogP contribution in [0.25, 0.3) is 0 Å². The molecule has 1 N–H and O–H groups in total. The summed E-state index contributed by atoms with van der Waals surface area (Å²) >= 11 is 0. The molecule has 2 aromatic rings. The summed E-state index contributed by atoms with van der Waals surface area (Å²) in [7, 11) is 3.73. The van der Waals surface area contributed by atoms with Crippen LogP contribution >= 0.6 is 0 Å². The molecule has 0 spiro atoms. The Hall–Kier alpha value is -1.85.